The number of aliphatic hydroxyl groups is 1. The summed E-state index contributed by atoms with van der Waals surface area (Å²) < 4.78 is 20.9. The number of hydrogen-bond donors (Lipinski definition) is 4. The van der Waals surface area contributed by atoms with E-state index in [9.17, 15) is 23.5 Å². The minimum Gasteiger partial charge on any atom is -0.760 e. The van der Waals surface area contributed by atoms with Crippen LogP contribution in [0.1, 0.15) is 22.8 Å². The van der Waals surface area contributed by atoms with Crippen LogP contribution in [-0.2, 0) is 22.5 Å². The number of carbonyl (C=O) groups is 2. The molecule has 27 heavy (non-hydrogen) atoms. The molecule has 1 amide bonds. The van der Waals surface area contributed by atoms with Gasteiger partial charge >= 0.3 is 5.97 Å². The molecule has 0 aliphatic heterocycles. The Morgan fingerprint density at radius 3 is 2.00 bits per heavy atom. The Labute approximate surface area is 159 Å². The molecule has 0 bridgehead atoms. The summed E-state index contributed by atoms with van der Waals surface area (Å²) in [6.07, 6.45) is -0.729. The molecule has 2 aromatic rings. The number of aliphatic carboxylic acids is 1. The highest BCUT2D eigenvalue weighted by Gasteiger charge is 2.20. The van der Waals surface area contributed by atoms with E-state index < -0.39 is 29.5 Å². The minimum atomic E-state index is -2.35. The molecular weight excluding hydrogens is 372 g/mol. The monoisotopic (exact) mass is 393 g/mol. The summed E-state index contributed by atoms with van der Waals surface area (Å²) in [5, 5.41) is 20.0. The first-order valence-corrected chi connectivity index (χ1v) is 9.03. The highest BCUT2D eigenvalue weighted by atomic mass is 32.2. The maximum atomic E-state index is 12.0. The topological polar surface area (TPSA) is 139 Å². The number of amides is 1. The summed E-state index contributed by atoms with van der Waals surface area (Å²) in [6, 6.07) is 16.9. The summed E-state index contributed by atoms with van der Waals surface area (Å²) >= 11 is -2.35. The van der Waals surface area contributed by atoms with Crippen molar-refractivity contribution in [3.05, 3.63) is 71.8 Å². The predicted octanol–water partition coefficient (Wildman–Crippen LogP) is 0.821. The molecule has 146 valence electrons. The Kier molecular flexibility index (Phi) is 9.91. The lowest BCUT2D eigenvalue weighted by Crippen LogP contribution is -2.42. The van der Waals surface area contributed by atoms with E-state index in [0.29, 0.717) is 5.56 Å². The fourth-order valence-electron chi connectivity index (χ4n) is 2.02. The largest absolute Gasteiger partial charge is 0.760 e. The highest BCUT2D eigenvalue weighted by molar-refractivity contribution is 7.77. The summed E-state index contributed by atoms with van der Waals surface area (Å²) in [5.41, 5.74) is 1.32. The van der Waals surface area contributed by atoms with Crippen LogP contribution in [-0.4, -0.2) is 43.1 Å². The number of aliphatic hydroxyl groups excluding tert-OH is 1. The molecule has 0 spiro atoms. The molecule has 0 saturated heterocycles. The van der Waals surface area contributed by atoms with E-state index in [1.54, 1.807) is 35.1 Å². The minimum absolute atomic E-state index is 0.259. The van der Waals surface area contributed by atoms with Crippen molar-refractivity contribution in [2.75, 3.05) is 0 Å². The number of hydrogen-bond acceptors (Lipinski definition) is 5. The van der Waals surface area contributed by atoms with Crippen LogP contribution in [0.3, 0.4) is 0 Å². The Morgan fingerprint density at radius 1 is 1.07 bits per heavy atom. The van der Waals surface area contributed by atoms with Crippen molar-refractivity contribution in [1.82, 2.24) is 10.0 Å². The van der Waals surface area contributed by atoms with Crippen molar-refractivity contribution in [2.24, 2.45) is 0 Å². The van der Waals surface area contributed by atoms with E-state index in [1.807, 2.05) is 30.3 Å². The van der Waals surface area contributed by atoms with Crippen molar-refractivity contribution in [2.45, 2.75) is 25.6 Å². The van der Waals surface area contributed by atoms with Gasteiger partial charge in [-0.25, -0.2) is 9.52 Å². The van der Waals surface area contributed by atoms with Crippen LogP contribution in [0.2, 0.25) is 0 Å². The molecule has 0 aliphatic carbocycles. The van der Waals surface area contributed by atoms with Gasteiger partial charge in [-0.1, -0.05) is 48.5 Å². The summed E-state index contributed by atoms with van der Waals surface area (Å²) in [6.45, 7) is 1.32. The van der Waals surface area contributed by atoms with Gasteiger partial charge in [-0.05, 0) is 24.6 Å². The number of rotatable bonds is 7. The van der Waals surface area contributed by atoms with E-state index in [-0.39, 0.29) is 12.3 Å². The summed E-state index contributed by atoms with van der Waals surface area (Å²) in [5.74, 6) is -1.42. The maximum absolute atomic E-state index is 12.0. The molecule has 8 nitrogen and oxygen atoms in total. The fourth-order valence-corrected chi connectivity index (χ4v) is 2.30. The van der Waals surface area contributed by atoms with Crippen LogP contribution < -0.4 is 10.0 Å². The second-order valence-electron chi connectivity index (χ2n) is 5.45. The molecule has 0 heterocycles. The average molecular weight is 393 g/mol. The van der Waals surface area contributed by atoms with Gasteiger partial charge < -0.3 is 20.1 Å². The van der Waals surface area contributed by atoms with Gasteiger partial charge in [0.15, 0.2) is 0 Å². The fraction of sp³-hybridized carbons (Fsp3) is 0.222. The van der Waals surface area contributed by atoms with Gasteiger partial charge in [0.05, 0.1) is 0 Å². The van der Waals surface area contributed by atoms with Gasteiger partial charge in [0, 0.05) is 23.3 Å². The SMILES string of the molecule is CC(O)NS(=O)[O-].O=C(NC(Cc1ccccc1)C(=O)O)c1ccccc1. The standard InChI is InChI=1S/C16H15NO3.C2H7NO3S/c18-15(13-9-5-2-6-10-13)17-14(16(19)20)11-12-7-3-1-4-8-12;1-2(4)3-7(5)6/h1-10,14H,11H2,(H,17,18)(H,19,20);2-4H,1H3,(H,5,6)/p-1. The third kappa shape index (κ3) is 9.61. The van der Waals surface area contributed by atoms with Crippen LogP contribution in [0, 0.1) is 0 Å². The summed E-state index contributed by atoms with van der Waals surface area (Å²) in [4.78, 5) is 23.2. The van der Waals surface area contributed by atoms with E-state index in [1.165, 1.54) is 6.92 Å². The first-order chi connectivity index (χ1) is 12.8. The van der Waals surface area contributed by atoms with Gasteiger partial charge in [0.25, 0.3) is 5.91 Å². The second kappa shape index (κ2) is 11.9. The highest BCUT2D eigenvalue weighted by Crippen LogP contribution is 2.05. The normalized spacial score (nSPS) is 13.4. The quantitative estimate of drug-likeness (QED) is 0.406. The maximum Gasteiger partial charge on any atom is 0.326 e. The van der Waals surface area contributed by atoms with Crippen LogP contribution in [0.15, 0.2) is 60.7 Å². The number of carbonyl (C=O) groups excluding carboxylic acids is 1. The molecule has 0 saturated carbocycles. The van der Waals surface area contributed by atoms with Crippen LogP contribution in [0.25, 0.3) is 0 Å². The molecular formula is C18H21N2O6S-. The van der Waals surface area contributed by atoms with E-state index >= 15 is 0 Å². The third-order valence-corrected chi connectivity index (χ3v) is 3.72. The summed E-state index contributed by atoms with van der Waals surface area (Å²) in [7, 11) is 0. The zero-order chi connectivity index (χ0) is 20.2. The molecule has 0 aromatic heterocycles. The molecule has 0 fully saturated rings. The Bertz CT molecular complexity index is 740. The number of benzene rings is 2. The Balaban J connectivity index is 0.000000445. The zero-order valence-electron chi connectivity index (χ0n) is 14.6. The third-order valence-electron chi connectivity index (χ3n) is 3.19. The lowest BCUT2D eigenvalue weighted by Gasteiger charge is -2.14. The van der Waals surface area contributed by atoms with Gasteiger partial charge in [0.2, 0.25) is 0 Å². The lowest BCUT2D eigenvalue weighted by molar-refractivity contribution is -0.139. The first kappa shape index (κ1) is 22.5. The average Bonchev–Trinajstić information content (AvgIpc) is 2.62. The van der Waals surface area contributed by atoms with E-state index in [2.05, 4.69) is 5.32 Å². The number of carboxylic acid groups (broad SMARTS) is 1. The van der Waals surface area contributed by atoms with Crippen molar-refractivity contribution >= 4 is 23.1 Å². The van der Waals surface area contributed by atoms with Crippen molar-refractivity contribution in [3.63, 3.8) is 0 Å². The molecule has 2 rings (SSSR count). The van der Waals surface area contributed by atoms with Gasteiger partial charge in [-0.3, -0.25) is 9.00 Å². The van der Waals surface area contributed by atoms with Crippen molar-refractivity contribution < 1.29 is 28.6 Å². The molecule has 9 heteroatoms. The van der Waals surface area contributed by atoms with E-state index in [0.717, 1.165) is 5.56 Å². The molecule has 0 aliphatic rings. The van der Waals surface area contributed by atoms with Gasteiger partial charge in [-0.15, -0.1) is 0 Å². The zero-order valence-corrected chi connectivity index (χ0v) is 15.4. The first-order valence-electron chi connectivity index (χ1n) is 7.95. The van der Waals surface area contributed by atoms with Crippen LogP contribution in [0.5, 0.6) is 0 Å². The predicted molar refractivity (Wildman–Crippen MR) is 99.2 cm³/mol. The van der Waals surface area contributed by atoms with Gasteiger partial charge in [-0.2, -0.15) is 0 Å². The molecule has 0 radical (unpaired) electrons. The number of carboxylic acids is 1. The van der Waals surface area contributed by atoms with Crippen LogP contribution >= 0.6 is 0 Å². The Morgan fingerprint density at radius 2 is 1.59 bits per heavy atom. The molecule has 2 aromatic carbocycles. The van der Waals surface area contributed by atoms with E-state index in [4.69, 9.17) is 5.11 Å². The number of nitrogens with one attached hydrogen (secondary N) is 2. The molecule has 3 atom stereocenters. The van der Waals surface area contributed by atoms with Crippen molar-refractivity contribution in [3.8, 4) is 0 Å². The lowest BCUT2D eigenvalue weighted by atomic mass is 10.1. The van der Waals surface area contributed by atoms with Crippen LogP contribution in [0.4, 0.5) is 0 Å². The van der Waals surface area contributed by atoms with Crippen molar-refractivity contribution in [1.29, 1.82) is 0 Å². The van der Waals surface area contributed by atoms with Gasteiger partial charge in [0.1, 0.15) is 12.3 Å². The molecule has 4 N–H and O–H groups in total. The smallest absolute Gasteiger partial charge is 0.326 e. The Hall–Kier alpha value is -2.59. The second-order valence-corrected chi connectivity index (χ2v) is 6.15. The molecule has 3 unspecified atom stereocenters.